The van der Waals surface area contributed by atoms with Crippen LogP contribution in [0.4, 0.5) is 0 Å². The Labute approximate surface area is 101 Å². The summed E-state index contributed by atoms with van der Waals surface area (Å²) in [6.07, 6.45) is 10.9. The van der Waals surface area contributed by atoms with Gasteiger partial charge in [-0.1, -0.05) is 65.2 Å². The molecule has 0 aliphatic carbocycles. The Hall–Kier alpha value is 0.394. The summed E-state index contributed by atoms with van der Waals surface area (Å²) < 4.78 is 5.42. The SMILES string of the molecule is CCCCCC[Si](CCCCCC)O[Si]. The van der Waals surface area contributed by atoms with E-state index in [0.717, 1.165) is 0 Å². The summed E-state index contributed by atoms with van der Waals surface area (Å²) in [5, 5.41) is 0. The second-order valence-corrected chi connectivity index (χ2v) is 7.16. The summed E-state index contributed by atoms with van der Waals surface area (Å²) in [6.45, 7) is 4.52. The molecule has 3 heteroatoms. The van der Waals surface area contributed by atoms with E-state index in [1.807, 2.05) is 0 Å². The standard InChI is InChI=1S/C12H26OSi2/c1-3-5-7-9-11-15(13-14)12-10-8-6-4-2/h3-12H2,1-2H3. The van der Waals surface area contributed by atoms with Crippen molar-refractivity contribution >= 4 is 19.5 Å². The fourth-order valence-electron chi connectivity index (χ4n) is 1.72. The third kappa shape index (κ3) is 10.7. The highest BCUT2D eigenvalue weighted by Gasteiger charge is 2.09. The lowest BCUT2D eigenvalue weighted by Gasteiger charge is -2.12. The van der Waals surface area contributed by atoms with Gasteiger partial charge in [0.15, 0.2) is 9.04 Å². The van der Waals surface area contributed by atoms with Gasteiger partial charge in [-0.05, 0) is 12.1 Å². The fourth-order valence-corrected chi connectivity index (χ4v) is 4.08. The normalized spacial score (nSPS) is 11.2. The van der Waals surface area contributed by atoms with Gasteiger partial charge in [0.1, 0.15) is 0 Å². The van der Waals surface area contributed by atoms with Gasteiger partial charge in [-0.3, -0.25) is 0 Å². The summed E-state index contributed by atoms with van der Waals surface area (Å²) in [5.41, 5.74) is 0. The first kappa shape index (κ1) is 15.4. The van der Waals surface area contributed by atoms with Crippen molar-refractivity contribution in [3.63, 3.8) is 0 Å². The zero-order chi connectivity index (χ0) is 11.4. The van der Waals surface area contributed by atoms with Crippen molar-refractivity contribution in [3.8, 4) is 0 Å². The van der Waals surface area contributed by atoms with Gasteiger partial charge >= 0.3 is 0 Å². The molecule has 0 rings (SSSR count). The van der Waals surface area contributed by atoms with Crippen molar-refractivity contribution in [2.45, 2.75) is 77.3 Å². The number of hydrogen-bond donors (Lipinski definition) is 0. The van der Waals surface area contributed by atoms with Crippen LogP contribution in [0.25, 0.3) is 0 Å². The van der Waals surface area contributed by atoms with Crippen molar-refractivity contribution in [2.75, 3.05) is 0 Å². The van der Waals surface area contributed by atoms with Crippen molar-refractivity contribution in [1.29, 1.82) is 0 Å². The lowest BCUT2D eigenvalue weighted by atomic mass is 10.2. The Morgan fingerprint density at radius 1 is 0.800 bits per heavy atom. The molecule has 0 amide bonds. The first-order valence-electron chi connectivity index (χ1n) is 6.53. The summed E-state index contributed by atoms with van der Waals surface area (Å²) in [5.74, 6) is 0. The van der Waals surface area contributed by atoms with E-state index in [1.165, 1.54) is 63.5 Å². The lowest BCUT2D eigenvalue weighted by molar-refractivity contribution is 0.591. The molecule has 0 saturated carbocycles. The van der Waals surface area contributed by atoms with Gasteiger partial charge < -0.3 is 4.12 Å². The predicted octanol–water partition coefficient (Wildman–Crippen LogP) is 4.24. The van der Waals surface area contributed by atoms with Crippen LogP contribution in [0.1, 0.15) is 65.2 Å². The van der Waals surface area contributed by atoms with Gasteiger partial charge in [-0.25, -0.2) is 0 Å². The second kappa shape index (κ2) is 12.5. The van der Waals surface area contributed by atoms with Crippen molar-refractivity contribution < 1.29 is 4.12 Å². The minimum Gasteiger partial charge on any atom is -0.457 e. The molecule has 0 bridgehead atoms. The minimum atomic E-state index is -0.531. The van der Waals surface area contributed by atoms with Crippen molar-refractivity contribution in [3.05, 3.63) is 0 Å². The Bertz CT molecular complexity index is 108. The molecule has 1 nitrogen and oxygen atoms in total. The Morgan fingerprint density at radius 3 is 1.60 bits per heavy atom. The van der Waals surface area contributed by atoms with Gasteiger partial charge in [-0.2, -0.15) is 0 Å². The summed E-state index contributed by atoms with van der Waals surface area (Å²) in [4.78, 5) is 0. The summed E-state index contributed by atoms with van der Waals surface area (Å²) in [7, 11) is 2.72. The smallest absolute Gasteiger partial charge is 0.229 e. The molecule has 4 radical (unpaired) electrons. The van der Waals surface area contributed by atoms with E-state index < -0.39 is 9.04 Å². The first-order chi connectivity index (χ1) is 7.35. The van der Waals surface area contributed by atoms with E-state index in [9.17, 15) is 0 Å². The first-order valence-corrected chi connectivity index (χ1v) is 8.76. The van der Waals surface area contributed by atoms with E-state index in [0.29, 0.717) is 0 Å². The van der Waals surface area contributed by atoms with Gasteiger partial charge in [0.25, 0.3) is 0 Å². The Morgan fingerprint density at radius 2 is 1.27 bits per heavy atom. The van der Waals surface area contributed by atoms with Crippen LogP contribution in [-0.4, -0.2) is 19.5 Å². The lowest BCUT2D eigenvalue weighted by Crippen LogP contribution is -2.15. The molecule has 0 aliphatic rings. The second-order valence-electron chi connectivity index (χ2n) is 4.26. The molecule has 0 heterocycles. The van der Waals surface area contributed by atoms with E-state index >= 15 is 0 Å². The molecule has 0 spiro atoms. The average Bonchev–Trinajstić information content (AvgIpc) is 2.27. The van der Waals surface area contributed by atoms with Crippen molar-refractivity contribution in [2.24, 2.45) is 0 Å². The molecule has 0 N–H and O–H groups in total. The molecule has 0 unspecified atom stereocenters. The van der Waals surface area contributed by atoms with Crippen LogP contribution >= 0.6 is 0 Å². The predicted molar refractivity (Wildman–Crippen MR) is 70.5 cm³/mol. The maximum absolute atomic E-state index is 5.42. The van der Waals surface area contributed by atoms with Gasteiger partial charge in [0, 0.05) is 0 Å². The van der Waals surface area contributed by atoms with Crippen LogP contribution in [0, 0.1) is 0 Å². The average molecular weight is 243 g/mol. The topological polar surface area (TPSA) is 9.23 Å². The fraction of sp³-hybridized carbons (Fsp3) is 1.00. The van der Waals surface area contributed by atoms with E-state index in [4.69, 9.17) is 4.12 Å². The van der Waals surface area contributed by atoms with Gasteiger partial charge in [-0.15, -0.1) is 0 Å². The maximum atomic E-state index is 5.42. The van der Waals surface area contributed by atoms with E-state index in [1.54, 1.807) is 0 Å². The molecule has 0 aromatic rings. The van der Waals surface area contributed by atoms with Crippen LogP contribution in [0.3, 0.4) is 0 Å². The van der Waals surface area contributed by atoms with Crippen molar-refractivity contribution in [1.82, 2.24) is 0 Å². The molecular weight excluding hydrogens is 216 g/mol. The summed E-state index contributed by atoms with van der Waals surface area (Å²) >= 11 is 0. The molecule has 88 valence electrons. The third-order valence-corrected chi connectivity index (χ3v) is 5.74. The molecule has 0 atom stereocenters. The molecule has 15 heavy (non-hydrogen) atoms. The van der Waals surface area contributed by atoms with Crippen LogP contribution in [0.2, 0.25) is 12.1 Å². The Balaban J connectivity index is 3.29. The molecule has 0 aromatic carbocycles. The molecule has 0 aromatic heterocycles. The number of unbranched alkanes of at least 4 members (excludes halogenated alkanes) is 6. The molecular formula is C12H26OSi2. The quantitative estimate of drug-likeness (QED) is 0.389. The minimum absolute atomic E-state index is 0.531. The van der Waals surface area contributed by atoms with E-state index in [2.05, 4.69) is 24.3 Å². The van der Waals surface area contributed by atoms with Gasteiger partial charge in [0.2, 0.25) is 10.5 Å². The van der Waals surface area contributed by atoms with Gasteiger partial charge in [0.05, 0.1) is 0 Å². The molecule has 0 fully saturated rings. The zero-order valence-electron chi connectivity index (χ0n) is 10.5. The zero-order valence-corrected chi connectivity index (χ0v) is 12.5. The Kier molecular flexibility index (Phi) is 12.8. The van der Waals surface area contributed by atoms with Crippen LogP contribution in [-0.2, 0) is 4.12 Å². The third-order valence-electron chi connectivity index (χ3n) is 2.76. The number of rotatable bonds is 11. The highest BCUT2D eigenvalue weighted by molar-refractivity contribution is 6.55. The maximum Gasteiger partial charge on any atom is 0.229 e. The van der Waals surface area contributed by atoms with Crippen LogP contribution in [0.5, 0.6) is 0 Å². The molecule has 0 aliphatic heterocycles. The molecule has 0 saturated heterocycles. The largest absolute Gasteiger partial charge is 0.457 e. The monoisotopic (exact) mass is 242 g/mol. The highest BCUT2D eigenvalue weighted by Crippen LogP contribution is 2.13. The summed E-state index contributed by atoms with van der Waals surface area (Å²) in [6, 6.07) is 2.64. The van der Waals surface area contributed by atoms with Crippen LogP contribution in [0.15, 0.2) is 0 Å². The van der Waals surface area contributed by atoms with Crippen LogP contribution < -0.4 is 0 Å². The number of hydrogen-bond acceptors (Lipinski definition) is 1. The highest BCUT2D eigenvalue weighted by atomic mass is 28.3. The van der Waals surface area contributed by atoms with E-state index in [-0.39, 0.29) is 0 Å².